The average Bonchev–Trinajstić information content (AvgIpc) is 2.64. The Hall–Kier alpha value is -1.18. The summed E-state index contributed by atoms with van der Waals surface area (Å²) < 4.78 is 5.90. The number of anilines is 1. The fourth-order valence-corrected chi connectivity index (χ4v) is 2.93. The van der Waals surface area contributed by atoms with Crippen molar-refractivity contribution in [3.05, 3.63) is 23.8 Å². The zero-order chi connectivity index (χ0) is 14.4. The highest BCUT2D eigenvalue weighted by Gasteiger charge is 2.17. The maximum atomic E-state index is 5.90. The minimum absolute atomic E-state index is 0.603. The first-order valence-electron chi connectivity index (χ1n) is 8.19. The van der Waals surface area contributed by atoms with Crippen molar-refractivity contribution in [2.45, 2.75) is 65.3 Å². The standard InChI is InChI=1S/C18H29NO/c1-4-12-20-18-13-15(3)9-11-17(18)19-16-7-5-6-14(2)8-10-16/h9,11,13-14,16,19H,4-8,10,12H2,1-3H3. The van der Waals surface area contributed by atoms with Crippen LogP contribution in [0.25, 0.3) is 0 Å². The Morgan fingerprint density at radius 2 is 2.05 bits per heavy atom. The third-order valence-corrected chi connectivity index (χ3v) is 4.22. The summed E-state index contributed by atoms with van der Waals surface area (Å²) in [6.45, 7) is 7.44. The molecule has 1 aliphatic rings. The molecule has 0 aliphatic heterocycles. The molecule has 2 nitrogen and oxygen atoms in total. The normalized spacial score (nSPS) is 23.1. The second-order valence-corrected chi connectivity index (χ2v) is 6.30. The lowest BCUT2D eigenvalue weighted by atomic mass is 10.0. The molecule has 20 heavy (non-hydrogen) atoms. The second-order valence-electron chi connectivity index (χ2n) is 6.30. The molecule has 0 radical (unpaired) electrons. The summed E-state index contributed by atoms with van der Waals surface area (Å²) in [7, 11) is 0. The Morgan fingerprint density at radius 1 is 1.20 bits per heavy atom. The SMILES string of the molecule is CCCOc1cc(C)ccc1NC1CCCC(C)CC1. The van der Waals surface area contributed by atoms with Gasteiger partial charge in [-0.25, -0.2) is 0 Å². The molecule has 112 valence electrons. The number of rotatable bonds is 5. The average molecular weight is 275 g/mol. The van der Waals surface area contributed by atoms with Crippen molar-refractivity contribution in [1.29, 1.82) is 0 Å². The first kappa shape index (κ1) is 15.2. The summed E-state index contributed by atoms with van der Waals surface area (Å²) in [5.41, 5.74) is 2.43. The van der Waals surface area contributed by atoms with E-state index < -0.39 is 0 Å². The van der Waals surface area contributed by atoms with Gasteiger partial charge in [-0.2, -0.15) is 0 Å². The Kier molecular flexibility index (Phi) is 5.75. The van der Waals surface area contributed by atoms with Crippen molar-refractivity contribution in [2.75, 3.05) is 11.9 Å². The molecule has 1 N–H and O–H groups in total. The number of nitrogens with one attached hydrogen (secondary N) is 1. The molecule has 0 heterocycles. The van der Waals surface area contributed by atoms with Crippen LogP contribution in [-0.2, 0) is 0 Å². The van der Waals surface area contributed by atoms with E-state index in [4.69, 9.17) is 4.74 Å². The molecule has 0 amide bonds. The molecule has 2 unspecified atom stereocenters. The zero-order valence-corrected chi connectivity index (χ0v) is 13.2. The summed E-state index contributed by atoms with van der Waals surface area (Å²) in [6, 6.07) is 7.10. The molecule has 0 bridgehead atoms. The van der Waals surface area contributed by atoms with Crippen LogP contribution < -0.4 is 10.1 Å². The highest BCUT2D eigenvalue weighted by molar-refractivity contribution is 5.58. The minimum atomic E-state index is 0.603. The van der Waals surface area contributed by atoms with Gasteiger partial charge in [0.2, 0.25) is 0 Å². The van der Waals surface area contributed by atoms with Crippen molar-refractivity contribution >= 4 is 5.69 Å². The van der Waals surface area contributed by atoms with Crippen LogP contribution in [-0.4, -0.2) is 12.6 Å². The van der Waals surface area contributed by atoms with Gasteiger partial charge in [0.1, 0.15) is 5.75 Å². The first-order valence-corrected chi connectivity index (χ1v) is 8.19. The molecule has 1 fully saturated rings. The van der Waals surface area contributed by atoms with Gasteiger partial charge in [-0.05, 0) is 56.2 Å². The van der Waals surface area contributed by atoms with Crippen LogP contribution >= 0.6 is 0 Å². The summed E-state index contributed by atoms with van der Waals surface area (Å²) >= 11 is 0. The third kappa shape index (κ3) is 4.43. The van der Waals surface area contributed by atoms with E-state index in [0.717, 1.165) is 24.7 Å². The van der Waals surface area contributed by atoms with Gasteiger partial charge in [-0.3, -0.25) is 0 Å². The van der Waals surface area contributed by atoms with Crippen molar-refractivity contribution in [3.63, 3.8) is 0 Å². The summed E-state index contributed by atoms with van der Waals surface area (Å²) in [5, 5.41) is 3.72. The zero-order valence-electron chi connectivity index (χ0n) is 13.2. The van der Waals surface area contributed by atoms with E-state index in [1.165, 1.54) is 43.4 Å². The number of aryl methyl sites for hydroxylation is 1. The van der Waals surface area contributed by atoms with E-state index in [1.54, 1.807) is 0 Å². The van der Waals surface area contributed by atoms with Crippen molar-refractivity contribution in [3.8, 4) is 5.75 Å². The van der Waals surface area contributed by atoms with Crippen LogP contribution in [0, 0.1) is 12.8 Å². The molecule has 2 rings (SSSR count). The molecule has 0 saturated heterocycles. The maximum absolute atomic E-state index is 5.90. The Balaban J connectivity index is 2.03. The Labute approximate surface area is 123 Å². The highest BCUT2D eigenvalue weighted by atomic mass is 16.5. The predicted molar refractivity (Wildman–Crippen MR) is 86.6 cm³/mol. The van der Waals surface area contributed by atoms with Gasteiger partial charge in [0.25, 0.3) is 0 Å². The van der Waals surface area contributed by atoms with Crippen LogP contribution in [0.5, 0.6) is 5.75 Å². The van der Waals surface area contributed by atoms with Crippen molar-refractivity contribution < 1.29 is 4.74 Å². The fourth-order valence-electron chi connectivity index (χ4n) is 2.93. The molecule has 0 spiro atoms. The second kappa shape index (κ2) is 7.56. The largest absolute Gasteiger partial charge is 0.491 e. The van der Waals surface area contributed by atoms with E-state index in [0.29, 0.717) is 6.04 Å². The molecule has 0 aromatic heterocycles. The van der Waals surface area contributed by atoms with E-state index in [-0.39, 0.29) is 0 Å². The lowest BCUT2D eigenvalue weighted by Crippen LogP contribution is -2.19. The molecular formula is C18H29NO. The molecule has 1 aliphatic carbocycles. The van der Waals surface area contributed by atoms with Gasteiger partial charge in [0.15, 0.2) is 0 Å². The molecule has 1 aromatic rings. The van der Waals surface area contributed by atoms with Gasteiger partial charge in [0.05, 0.1) is 12.3 Å². The van der Waals surface area contributed by atoms with E-state index in [1.807, 2.05) is 0 Å². The fraction of sp³-hybridized carbons (Fsp3) is 0.667. The van der Waals surface area contributed by atoms with Crippen LogP contribution in [0.15, 0.2) is 18.2 Å². The van der Waals surface area contributed by atoms with Crippen molar-refractivity contribution in [2.24, 2.45) is 5.92 Å². The van der Waals surface area contributed by atoms with Crippen LogP contribution in [0.2, 0.25) is 0 Å². The summed E-state index contributed by atoms with van der Waals surface area (Å²) in [5.74, 6) is 1.90. The molecule has 2 heteroatoms. The van der Waals surface area contributed by atoms with E-state index in [2.05, 4.69) is 44.3 Å². The quantitative estimate of drug-likeness (QED) is 0.749. The monoisotopic (exact) mass is 275 g/mol. The van der Waals surface area contributed by atoms with E-state index in [9.17, 15) is 0 Å². The van der Waals surface area contributed by atoms with Gasteiger partial charge >= 0.3 is 0 Å². The third-order valence-electron chi connectivity index (χ3n) is 4.22. The Morgan fingerprint density at radius 3 is 2.85 bits per heavy atom. The maximum Gasteiger partial charge on any atom is 0.142 e. The summed E-state index contributed by atoms with van der Waals surface area (Å²) in [6.07, 6.45) is 7.68. The Bertz CT molecular complexity index is 416. The number of hydrogen-bond acceptors (Lipinski definition) is 2. The first-order chi connectivity index (χ1) is 9.69. The van der Waals surface area contributed by atoms with Gasteiger partial charge in [-0.1, -0.05) is 32.8 Å². The minimum Gasteiger partial charge on any atom is -0.491 e. The summed E-state index contributed by atoms with van der Waals surface area (Å²) in [4.78, 5) is 0. The molecule has 2 atom stereocenters. The number of ether oxygens (including phenoxy) is 1. The van der Waals surface area contributed by atoms with Crippen LogP contribution in [0.4, 0.5) is 5.69 Å². The van der Waals surface area contributed by atoms with Gasteiger partial charge < -0.3 is 10.1 Å². The van der Waals surface area contributed by atoms with Gasteiger partial charge in [0, 0.05) is 6.04 Å². The van der Waals surface area contributed by atoms with E-state index >= 15 is 0 Å². The number of hydrogen-bond donors (Lipinski definition) is 1. The highest BCUT2D eigenvalue weighted by Crippen LogP contribution is 2.30. The molecule has 1 aromatic carbocycles. The lowest BCUT2D eigenvalue weighted by Gasteiger charge is -2.20. The van der Waals surface area contributed by atoms with Crippen LogP contribution in [0.1, 0.15) is 57.9 Å². The number of benzene rings is 1. The van der Waals surface area contributed by atoms with Crippen molar-refractivity contribution in [1.82, 2.24) is 0 Å². The molecular weight excluding hydrogens is 246 g/mol. The molecule has 1 saturated carbocycles. The van der Waals surface area contributed by atoms with Gasteiger partial charge in [-0.15, -0.1) is 0 Å². The lowest BCUT2D eigenvalue weighted by molar-refractivity contribution is 0.318. The topological polar surface area (TPSA) is 21.3 Å². The smallest absolute Gasteiger partial charge is 0.142 e. The van der Waals surface area contributed by atoms with Crippen LogP contribution in [0.3, 0.4) is 0 Å². The predicted octanol–water partition coefficient (Wildman–Crippen LogP) is 5.16.